The Kier molecular flexibility index (Phi) is 2.16. The molecule has 2 rings (SSSR count). The van der Waals surface area contributed by atoms with Crippen LogP contribution in [-0.2, 0) is 4.57 Å². The van der Waals surface area contributed by atoms with Crippen molar-refractivity contribution in [3.05, 3.63) is 0 Å². The van der Waals surface area contributed by atoms with Crippen LogP contribution < -0.4 is 12.4 Å². The van der Waals surface area contributed by atoms with E-state index < -0.39 is 7.29 Å². The molecule has 0 aromatic heterocycles. The van der Waals surface area contributed by atoms with Crippen LogP contribution >= 0.6 is 7.29 Å². The van der Waals surface area contributed by atoms with Crippen molar-refractivity contribution in [3.63, 3.8) is 0 Å². The van der Waals surface area contributed by atoms with Gasteiger partial charge in [-0.1, -0.05) is 6.92 Å². The number of rotatable bonds is 1. The SMILES string of the molecule is CCP1(=O)C2CCC[N+]21C.[Cl-]. The first-order chi connectivity index (χ1) is 4.65. The zero-order valence-electron chi connectivity index (χ0n) is 7.09. The summed E-state index contributed by atoms with van der Waals surface area (Å²) in [6.45, 7) is 3.25. The zero-order valence-corrected chi connectivity index (χ0v) is 8.74. The second-order valence-electron chi connectivity index (χ2n) is 3.63. The zero-order chi connectivity index (χ0) is 7.41. The predicted octanol–water partition coefficient (Wildman–Crippen LogP) is -1.13. The van der Waals surface area contributed by atoms with Crippen LogP contribution in [0.4, 0.5) is 0 Å². The van der Waals surface area contributed by atoms with Gasteiger partial charge in [-0.05, 0) is 0 Å². The first-order valence-corrected chi connectivity index (χ1v) is 6.01. The van der Waals surface area contributed by atoms with Crippen molar-refractivity contribution < 1.29 is 21.2 Å². The Balaban J connectivity index is 0.000000605. The average Bonchev–Trinajstić information content (AvgIpc) is 2.34. The molecule has 2 aliphatic rings. The summed E-state index contributed by atoms with van der Waals surface area (Å²) in [5, 5.41) is 0. The first kappa shape index (κ1) is 9.57. The summed E-state index contributed by atoms with van der Waals surface area (Å²) in [6, 6.07) is 0. The number of nitrogens with zero attached hydrogens (tertiary/aromatic N) is 1. The summed E-state index contributed by atoms with van der Waals surface area (Å²) in [7, 11) is 0.483. The summed E-state index contributed by atoms with van der Waals surface area (Å²) < 4.78 is 12.9. The van der Waals surface area contributed by atoms with Gasteiger partial charge in [0.05, 0.1) is 19.8 Å². The third-order valence-corrected chi connectivity index (χ3v) is 7.75. The molecule has 0 aromatic rings. The number of hydrogen-bond acceptors (Lipinski definition) is 1. The molecule has 0 aromatic carbocycles. The quantitative estimate of drug-likeness (QED) is 0.382. The molecule has 4 heteroatoms. The number of fused-ring (bicyclic) bond motifs is 1. The summed E-state index contributed by atoms with van der Waals surface area (Å²) in [5.41, 5.74) is 0. The van der Waals surface area contributed by atoms with Crippen LogP contribution in [0.2, 0.25) is 0 Å². The molecular weight excluding hydrogens is 181 g/mol. The second kappa shape index (κ2) is 2.48. The highest BCUT2D eigenvalue weighted by molar-refractivity contribution is 7.64. The van der Waals surface area contributed by atoms with Crippen LogP contribution in [0.15, 0.2) is 0 Å². The summed E-state index contributed by atoms with van der Waals surface area (Å²) >= 11 is 0. The van der Waals surface area contributed by atoms with E-state index in [1.807, 2.05) is 0 Å². The van der Waals surface area contributed by atoms with Crippen LogP contribution in [0, 0.1) is 0 Å². The number of halogens is 1. The fourth-order valence-electron chi connectivity index (χ4n) is 2.57. The third-order valence-electron chi connectivity index (χ3n) is 3.35. The largest absolute Gasteiger partial charge is 1.00 e. The highest BCUT2D eigenvalue weighted by atomic mass is 35.5. The monoisotopic (exact) mass is 195 g/mol. The Bertz CT molecular complexity index is 220. The van der Waals surface area contributed by atoms with Crippen LogP contribution in [0.25, 0.3) is 0 Å². The van der Waals surface area contributed by atoms with E-state index in [2.05, 4.69) is 14.0 Å². The molecule has 0 N–H and O–H groups in total. The third kappa shape index (κ3) is 0.867. The van der Waals surface area contributed by atoms with Gasteiger partial charge in [-0.3, -0.25) is 8.82 Å². The molecule has 3 unspecified atom stereocenters. The molecule has 0 spiro atoms. The van der Waals surface area contributed by atoms with Crippen molar-refractivity contribution in [2.75, 3.05) is 19.8 Å². The van der Waals surface area contributed by atoms with Crippen molar-refractivity contribution >= 4 is 7.29 Å². The van der Waals surface area contributed by atoms with E-state index >= 15 is 0 Å². The summed E-state index contributed by atoms with van der Waals surface area (Å²) in [5.74, 6) is 0.581. The maximum absolute atomic E-state index is 11.9. The molecule has 0 aliphatic carbocycles. The van der Waals surface area contributed by atoms with Crippen LogP contribution in [-0.4, -0.2) is 29.8 Å². The molecule has 2 heterocycles. The lowest BCUT2D eigenvalue weighted by molar-refractivity contribution is -0.719. The van der Waals surface area contributed by atoms with E-state index in [1.165, 1.54) is 19.4 Å². The average molecular weight is 196 g/mol. The van der Waals surface area contributed by atoms with Gasteiger partial charge in [0, 0.05) is 12.8 Å². The Hall–Kier alpha value is 0.480. The van der Waals surface area contributed by atoms with E-state index in [0.29, 0.717) is 5.78 Å². The van der Waals surface area contributed by atoms with Crippen molar-refractivity contribution in [2.24, 2.45) is 0 Å². The van der Waals surface area contributed by atoms with Crippen molar-refractivity contribution in [1.82, 2.24) is 0 Å². The van der Waals surface area contributed by atoms with E-state index in [4.69, 9.17) is 0 Å². The van der Waals surface area contributed by atoms with E-state index in [1.54, 1.807) is 0 Å². The van der Waals surface area contributed by atoms with Crippen LogP contribution in [0.5, 0.6) is 0 Å². The Morgan fingerprint density at radius 3 is 2.55 bits per heavy atom. The van der Waals surface area contributed by atoms with Gasteiger partial charge < -0.3 is 12.4 Å². The fraction of sp³-hybridized carbons (Fsp3) is 1.00. The second-order valence-corrected chi connectivity index (χ2v) is 7.29. The van der Waals surface area contributed by atoms with Crippen molar-refractivity contribution in [3.8, 4) is 0 Å². The molecule has 3 atom stereocenters. The smallest absolute Gasteiger partial charge is 0.303 e. The molecule has 0 radical (unpaired) electrons. The highest BCUT2D eigenvalue weighted by Crippen LogP contribution is 2.81. The maximum Gasteiger partial charge on any atom is 0.303 e. The van der Waals surface area contributed by atoms with Crippen molar-refractivity contribution in [1.29, 1.82) is 0 Å². The lowest BCUT2D eigenvalue weighted by Gasteiger charge is -2.07. The highest BCUT2D eigenvalue weighted by Gasteiger charge is 2.75. The van der Waals surface area contributed by atoms with Gasteiger partial charge in [0.25, 0.3) is 0 Å². The topological polar surface area (TPSA) is 17.1 Å². The minimum absolute atomic E-state index is 0. The van der Waals surface area contributed by atoms with Crippen LogP contribution in [0.1, 0.15) is 19.8 Å². The Morgan fingerprint density at radius 1 is 1.64 bits per heavy atom. The molecule has 0 amide bonds. The van der Waals surface area contributed by atoms with E-state index in [9.17, 15) is 4.57 Å². The Morgan fingerprint density at radius 2 is 2.27 bits per heavy atom. The molecule has 2 nitrogen and oxygen atoms in total. The molecule has 0 bridgehead atoms. The van der Waals surface area contributed by atoms with E-state index in [-0.39, 0.29) is 12.4 Å². The predicted molar refractivity (Wildman–Crippen MR) is 42.2 cm³/mol. The molecule has 66 valence electrons. The van der Waals surface area contributed by atoms with Gasteiger partial charge in [0.15, 0.2) is 5.78 Å². The molecule has 0 saturated carbocycles. The lowest BCUT2D eigenvalue weighted by Crippen LogP contribution is -3.00. The normalized spacial score (nSPS) is 53.1. The summed E-state index contributed by atoms with van der Waals surface area (Å²) in [6.07, 6.45) is 3.45. The van der Waals surface area contributed by atoms with Gasteiger partial charge in [-0.25, -0.2) is 0 Å². The van der Waals surface area contributed by atoms with Gasteiger partial charge in [0.1, 0.15) is 0 Å². The van der Waals surface area contributed by atoms with Gasteiger partial charge in [-0.15, -0.1) is 0 Å². The Labute approximate surface area is 74.4 Å². The standard InChI is InChI=1S/C7H15NOP.ClH/c1-3-10(9)7-5-4-6-8(7,10)2;/h7H,3-6H2,1-2H3;1H/q+1;/p-1. The molecule has 2 saturated heterocycles. The fourth-order valence-corrected chi connectivity index (χ4v) is 6.57. The van der Waals surface area contributed by atoms with Gasteiger partial charge in [0.2, 0.25) is 0 Å². The number of hydrogen-bond donors (Lipinski definition) is 0. The summed E-state index contributed by atoms with van der Waals surface area (Å²) in [4.78, 5) is 0. The molecular formula is C7H15ClNOP. The number of quaternary nitrogens is 1. The van der Waals surface area contributed by atoms with E-state index in [0.717, 1.165) is 10.4 Å². The minimum atomic E-state index is -1.69. The molecule has 2 fully saturated rings. The van der Waals surface area contributed by atoms with Gasteiger partial charge in [-0.2, -0.15) is 0 Å². The molecule has 2 aliphatic heterocycles. The maximum atomic E-state index is 11.9. The molecule has 11 heavy (non-hydrogen) atoms. The van der Waals surface area contributed by atoms with Crippen LogP contribution in [0.3, 0.4) is 0 Å². The first-order valence-electron chi connectivity index (χ1n) is 4.09. The van der Waals surface area contributed by atoms with Gasteiger partial charge >= 0.3 is 7.29 Å². The van der Waals surface area contributed by atoms with Crippen molar-refractivity contribution in [2.45, 2.75) is 25.5 Å². The lowest BCUT2D eigenvalue weighted by atomic mass is 10.4. The minimum Gasteiger partial charge on any atom is -1.00 e.